The first-order chi connectivity index (χ1) is 13.6. The van der Waals surface area contributed by atoms with Gasteiger partial charge in [0.2, 0.25) is 0 Å². The molecular formula is C22H20N2O4. The first kappa shape index (κ1) is 19.1. The maximum absolute atomic E-state index is 12.3. The number of carbonyl (C=O) groups excluding carboxylic acids is 2. The molecule has 0 bridgehead atoms. The predicted molar refractivity (Wildman–Crippen MR) is 105 cm³/mol. The van der Waals surface area contributed by atoms with Gasteiger partial charge in [-0.25, -0.2) is 14.3 Å². The Morgan fingerprint density at radius 2 is 1.61 bits per heavy atom. The summed E-state index contributed by atoms with van der Waals surface area (Å²) in [5.41, 5.74) is 3.00. The second-order valence-electron chi connectivity index (χ2n) is 6.02. The van der Waals surface area contributed by atoms with Crippen molar-refractivity contribution < 1.29 is 19.1 Å². The molecule has 0 aliphatic carbocycles. The van der Waals surface area contributed by atoms with Crippen molar-refractivity contribution >= 4 is 18.1 Å². The van der Waals surface area contributed by atoms with E-state index in [1.165, 1.54) is 25.1 Å². The number of rotatable bonds is 6. The largest absolute Gasteiger partial charge is 0.466 e. The fraction of sp³-hybridized carbons (Fsp3) is 0.136. The Labute approximate surface area is 163 Å². The van der Waals surface area contributed by atoms with Crippen LogP contribution in [0.5, 0.6) is 0 Å². The maximum Gasteiger partial charge on any atom is 0.341 e. The van der Waals surface area contributed by atoms with Gasteiger partial charge in [0.05, 0.1) is 31.7 Å². The van der Waals surface area contributed by atoms with Crippen LogP contribution < -0.4 is 0 Å². The Bertz CT molecular complexity index is 992. The molecule has 1 heterocycles. The van der Waals surface area contributed by atoms with E-state index in [-0.39, 0.29) is 0 Å². The average molecular weight is 376 g/mol. The van der Waals surface area contributed by atoms with Crippen LogP contribution in [0.1, 0.15) is 15.9 Å². The number of hydrogen-bond donors (Lipinski definition) is 0. The first-order valence-electron chi connectivity index (χ1n) is 8.68. The molecule has 3 aromatic rings. The summed E-state index contributed by atoms with van der Waals surface area (Å²) >= 11 is 0. The molecule has 1 aromatic heterocycles. The smallest absolute Gasteiger partial charge is 0.341 e. The van der Waals surface area contributed by atoms with Crippen molar-refractivity contribution in [1.29, 1.82) is 0 Å². The molecule has 6 heteroatoms. The number of esters is 2. The van der Waals surface area contributed by atoms with Crippen LogP contribution in [0, 0.1) is 0 Å². The third-order valence-corrected chi connectivity index (χ3v) is 4.21. The van der Waals surface area contributed by atoms with Gasteiger partial charge in [-0.2, -0.15) is 5.10 Å². The molecule has 0 aliphatic rings. The van der Waals surface area contributed by atoms with Crippen LogP contribution in [-0.4, -0.2) is 35.9 Å². The Morgan fingerprint density at radius 1 is 0.964 bits per heavy atom. The minimum absolute atomic E-state index is 0.314. The second-order valence-corrected chi connectivity index (χ2v) is 6.02. The summed E-state index contributed by atoms with van der Waals surface area (Å²) in [5.74, 6) is -0.959. The molecule has 6 nitrogen and oxygen atoms in total. The van der Waals surface area contributed by atoms with Crippen molar-refractivity contribution in [2.45, 2.75) is 6.42 Å². The molecule has 0 spiro atoms. The minimum atomic E-state index is -0.499. The van der Waals surface area contributed by atoms with Gasteiger partial charge in [-0.15, -0.1) is 0 Å². The van der Waals surface area contributed by atoms with Crippen molar-refractivity contribution in [2.24, 2.45) is 0 Å². The molecule has 142 valence electrons. The van der Waals surface area contributed by atoms with Gasteiger partial charge in [0.25, 0.3) is 0 Å². The van der Waals surface area contributed by atoms with Gasteiger partial charge in [0.15, 0.2) is 0 Å². The van der Waals surface area contributed by atoms with E-state index >= 15 is 0 Å². The molecular weight excluding hydrogens is 356 g/mol. The van der Waals surface area contributed by atoms with Crippen molar-refractivity contribution in [2.75, 3.05) is 14.2 Å². The van der Waals surface area contributed by atoms with Crippen molar-refractivity contribution in [3.05, 3.63) is 83.6 Å². The van der Waals surface area contributed by atoms with Crippen LogP contribution >= 0.6 is 0 Å². The summed E-state index contributed by atoms with van der Waals surface area (Å²) in [6.07, 6.45) is 3.39. The van der Waals surface area contributed by atoms with E-state index in [0.717, 1.165) is 11.1 Å². The number of nitrogens with zero attached hydrogens (tertiary/aromatic N) is 2. The summed E-state index contributed by atoms with van der Waals surface area (Å²) in [6, 6.07) is 18.9. The SMILES string of the molecule is COC(=O)C(=Cn1ncc(C(=O)OC)c1-c1ccccc1)Cc1ccccc1. The normalized spacial score (nSPS) is 11.1. The lowest BCUT2D eigenvalue weighted by Crippen LogP contribution is -2.10. The Hall–Kier alpha value is -3.67. The number of hydrogen-bond acceptors (Lipinski definition) is 5. The fourth-order valence-corrected chi connectivity index (χ4v) is 2.87. The number of methoxy groups -OCH3 is 2. The van der Waals surface area contributed by atoms with E-state index < -0.39 is 11.9 Å². The van der Waals surface area contributed by atoms with Crippen LogP contribution in [0.4, 0.5) is 0 Å². The molecule has 0 saturated heterocycles. The van der Waals surface area contributed by atoms with Gasteiger partial charge in [-0.1, -0.05) is 60.7 Å². The number of aromatic nitrogens is 2. The maximum atomic E-state index is 12.3. The second kappa shape index (κ2) is 8.81. The van der Waals surface area contributed by atoms with Crippen LogP contribution in [0.25, 0.3) is 17.5 Å². The van der Waals surface area contributed by atoms with Gasteiger partial charge in [0, 0.05) is 18.2 Å². The lowest BCUT2D eigenvalue weighted by atomic mass is 10.1. The molecule has 0 fully saturated rings. The van der Waals surface area contributed by atoms with Crippen molar-refractivity contribution in [1.82, 2.24) is 9.78 Å². The number of benzene rings is 2. The van der Waals surface area contributed by atoms with Crippen LogP contribution in [-0.2, 0) is 20.7 Å². The molecule has 0 saturated carbocycles. The number of carbonyl (C=O) groups is 2. The molecule has 0 amide bonds. The Balaban J connectivity index is 2.11. The highest BCUT2D eigenvalue weighted by Gasteiger charge is 2.20. The highest BCUT2D eigenvalue weighted by Crippen LogP contribution is 2.25. The minimum Gasteiger partial charge on any atom is -0.466 e. The zero-order valence-corrected chi connectivity index (χ0v) is 15.7. The number of ether oxygens (including phenoxy) is 2. The summed E-state index contributed by atoms with van der Waals surface area (Å²) in [7, 11) is 2.65. The standard InChI is InChI=1S/C22H20N2O4/c1-27-21(25)18(13-16-9-5-3-6-10-16)15-24-20(17-11-7-4-8-12-17)19(14-23-24)22(26)28-2/h3-12,14-15H,13H2,1-2H3. The monoisotopic (exact) mass is 376 g/mol. The summed E-state index contributed by atoms with van der Waals surface area (Å²) in [6.45, 7) is 0. The van der Waals surface area contributed by atoms with Crippen LogP contribution in [0.2, 0.25) is 0 Å². The van der Waals surface area contributed by atoms with Gasteiger partial charge in [-0.3, -0.25) is 0 Å². The summed E-state index contributed by atoms with van der Waals surface area (Å²) in [5, 5.41) is 4.29. The molecule has 28 heavy (non-hydrogen) atoms. The van der Waals surface area contributed by atoms with Gasteiger partial charge < -0.3 is 9.47 Å². The zero-order chi connectivity index (χ0) is 19.9. The molecule has 0 aliphatic heterocycles. The molecule has 0 atom stereocenters. The van der Waals surface area contributed by atoms with E-state index in [9.17, 15) is 9.59 Å². The molecule has 0 radical (unpaired) electrons. The quantitative estimate of drug-likeness (QED) is 0.486. The molecule has 3 rings (SSSR count). The van der Waals surface area contributed by atoms with E-state index in [1.54, 1.807) is 6.20 Å². The third kappa shape index (κ3) is 4.17. The lowest BCUT2D eigenvalue weighted by Gasteiger charge is -2.09. The molecule has 0 N–H and O–H groups in total. The van der Waals surface area contributed by atoms with Crippen LogP contribution in [0.3, 0.4) is 0 Å². The predicted octanol–water partition coefficient (Wildman–Crippen LogP) is 3.59. The van der Waals surface area contributed by atoms with E-state index in [4.69, 9.17) is 9.47 Å². The highest BCUT2D eigenvalue weighted by atomic mass is 16.5. The topological polar surface area (TPSA) is 70.4 Å². The highest BCUT2D eigenvalue weighted by molar-refractivity contribution is 5.97. The van der Waals surface area contributed by atoms with Crippen molar-refractivity contribution in [3.63, 3.8) is 0 Å². The molecule has 2 aromatic carbocycles. The van der Waals surface area contributed by atoms with Crippen LogP contribution in [0.15, 0.2) is 72.4 Å². The van der Waals surface area contributed by atoms with Gasteiger partial charge in [0.1, 0.15) is 5.56 Å². The fourth-order valence-electron chi connectivity index (χ4n) is 2.87. The average Bonchev–Trinajstić information content (AvgIpc) is 3.17. The van der Waals surface area contributed by atoms with Gasteiger partial charge >= 0.3 is 11.9 Å². The third-order valence-electron chi connectivity index (χ3n) is 4.21. The zero-order valence-electron chi connectivity index (χ0n) is 15.7. The van der Waals surface area contributed by atoms with Crippen molar-refractivity contribution in [3.8, 4) is 11.3 Å². The summed E-state index contributed by atoms with van der Waals surface area (Å²) < 4.78 is 11.3. The van der Waals surface area contributed by atoms with E-state index in [2.05, 4.69) is 5.10 Å². The Kier molecular flexibility index (Phi) is 6.01. The lowest BCUT2D eigenvalue weighted by molar-refractivity contribution is -0.136. The first-order valence-corrected chi connectivity index (χ1v) is 8.68. The Morgan fingerprint density at radius 3 is 2.21 bits per heavy atom. The summed E-state index contributed by atoms with van der Waals surface area (Å²) in [4.78, 5) is 24.5. The van der Waals surface area contributed by atoms with E-state index in [1.807, 2.05) is 60.7 Å². The van der Waals surface area contributed by atoms with Gasteiger partial charge in [-0.05, 0) is 5.56 Å². The molecule has 0 unspecified atom stereocenters. The van der Waals surface area contributed by atoms with E-state index in [0.29, 0.717) is 23.3 Å².